The van der Waals surface area contributed by atoms with Crippen LogP contribution in [0, 0.1) is 12.3 Å². The zero-order valence-corrected chi connectivity index (χ0v) is 18.8. The van der Waals surface area contributed by atoms with Crippen molar-refractivity contribution < 1.29 is 72.7 Å². The normalized spacial score (nSPS) is 24.6. The Kier molecular flexibility index (Phi) is 13.0. The number of H-pyrrole nitrogens is 1. The molecule has 0 bridgehead atoms. The number of hydrogen-bond donors (Lipinski definition) is 12. The Balaban J connectivity index is 0. The monoisotopic (exact) mass is 546 g/mol. The summed E-state index contributed by atoms with van der Waals surface area (Å²) < 4.78 is 32.9. The van der Waals surface area contributed by atoms with E-state index in [4.69, 9.17) is 68.9 Å². The fourth-order valence-corrected chi connectivity index (χ4v) is 1.93. The van der Waals surface area contributed by atoms with E-state index in [2.05, 4.69) is 0 Å². The molecule has 0 aliphatic carbocycles. The number of terminal acetylenes is 1. The zero-order chi connectivity index (χ0) is 27.0. The molecule has 1 aromatic heterocycles. The van der Waals surface area contributed by atoms with Gasteiger partial charge < -0.3 is 59.0 Å². The molecule has 1 aromatic rings. The second-order valence-corrected chi connectivity index (χ2v) is 8.74. The van der Waals surface area contributed by atoms with Crippen molar-refractivity contribution in [3.05, 3.63) is 33.1 Å². The maximum atomic E-state index is 11.6. The van der Waals surface area contributed by atoms with Gasteiger partial charge in [0, 0.05) is 12.3 Å². The van der Waals surface area contributed by atoms with Crippen LogP contribution in [0.3, 0.4) is 0 Å². The largest absolute Gasteiger partial charge is 0.466 e. The first-order valence-electron chi connectivity index (χ1n) is 7.60. The van der Waals surface area contributed by atoms with Gasteiger partial charge in [-0.3, -0.25) is 14.3 Å². The van der Waals surface area contributed by atoms with Crippen molar-refractivity contribution in [1.82, 2.24) is 9.55 Å². The Bertz CT molecular complexity index is 987. The number of rotatable bonds is 1. The number of phosphoric acid groups is 3. The molecule has 19 nitrogen and oxygen atoms in total. The molecule has 2 heterocycles. The van der Waals surface area contributed by atoms with E-state index >= 15 is 0 Å². The van der Waals surface area contributed by atoms with E-state index in [1.807, 2.05) is 10.9 Å². The third-order valence-electron chi connectivity index (χ3n) is 2.95. The molecule has 12 N–H and O–H groups in total. The van der Waals surface area contributed by atoms with Gasteiger partial charge in [-0.15, -0.1) is 6.42 Å². The number of nitrogens with one attached hydrogen (secondary N) is 1. The molecule has 0 radical (unpaired) electrons. The quantitative estimate of drug-likeness (QED) is 0.116. The Hall–Kier alpha value is -1.55. The van der Waals surface area contributed by atoms with Crippen molar-refractivity contribution in [2.24, 2.45) is 0 Å². The van der Waals surface area contributed by atoms with Crippen LogP contribution in [0.2, 0.25) is 0 Å². The Labute approximate surface area is 182 Å². The Morgan fingerprint density at radius 3 is 1.67 bits per heavy atom. The highest BCUT2D eigenvalue weighted by Gasteiger charge is 2.54. The van der Waals surface area contributed by atoms with Gasteiger partial charge in [0.25, 0.3) is 5.56 Å². The predicted molar refractivity (Wildman–Crippen MR) is 103 cm³/mol. The van der Waals surface area contributed by atoms with E-state index in [-0.39, 0.29) is 0 Å². The summed E-state index contributed by atoms with van der Waals surface area (Å²) >= 11 is 0. The summed E-state index contributed by atoms with van der Waals surface area (Å²) in [5.41, 5.74) is -3.38. The van der Waals surface area contributed by atoms with Crippen molar-refractivity contribution in [2.45, 2.75) is 31.0 Å². The van der Waals surface area contributed by atoms with Crippen LogP contribution in [-0.4, -0.2) is 81.6 Å². The van der Waals surface area contributed by atoms with E-state index in [0.29, 0.717) is 0 Å². The molecular weight excluding hydrogens is 525 g/mol. The van der Waals surface area contributed by atoms with Crippen molar-refractivity contribution in [2.75, 3.05) is 0 Å². The van der Waals surface area contributed by atoms with Gasteiger partial charge in [-0.2, -0.15) is 0 Å². The molecule has 0 unspecified atom stereocenters. The van der Waals surface area contributed by atoms with Crippen LogP contribution in [0.5, 0.6) is 0 Å². The molecule has 192 valence electrons. The summed E-state index contributed by atoms with van der Waals surface area (Å²) in [6, 6.07) is 1.09. The van der Waals surface area contributed by atoms with Gasteiger partial charge in [-0.1, -0.05) is 5.92 Å². The number of hydrogen-bond acceptors (Lipinski definition) is 8. The molecule has 2 rings (SSSR count). The predicted octanol–water partition coefficient (Wildman–Crippen LogP) is -4.61. The Morgan fingerprint density at radius 2 is 1.36 bits per heavy atom. The van der Waals surface area contributed by atoms with Gasteiger partial charge in [0.05, 0.1) is 6.10 Å². The van der Waals surface area contributed by atoms with Crippen LogP contribution in [0.15, 0.2) is 21.9 Å². The van der Waals surface area contributed by atoms with E-state index in [1.165, 1.54) is 6.92 Å². The molecule has 22 heteroatoms. The van der Waals surface area contributed by atoms with Gasteiger partial charge in [0.15, 0.2) is 11.8 Å². The molecular formula is C11H21N2O17P3. The van der Waals surface area contributed by atoms with Gasteiger partial charge in [0.1, 0.15) is 6.10 Å². The smallest absolute Gasteiger partial charge is 0.386 e. The summed E-state index contributed by atoms with van der Waals surface area (Å²) in [6.45, 7) is 1.52. The van der Waals surface area contributed by atoms with Gasteiger partial charge >= 0.3 is 29.2 Å². The minimum Gasteiger partial charge on any atom is -0.386 e. The lowest BCUT2D eigenvalue weighted by Gasteiger charge is -2.26. The van der Waals surface area contributed by atoms with Crippen molar-refractivity contribution in [3.63, 3.8) is 0 Å². The van der Waals surface area contributed by atoms with Gasteiger partial charge in [-0.05, 0) is 6.92 Å². The molecule has 1 aliphatic rings. The molecule has 4 atom stereocenters. The first kappa shape index (κ1) is 33.6. The van der Waals surface area contributed by atoms with Crippen LogP contribution in [0.1, 0.15) is 13.2 Å². The van der Waals surface area contributed by atoms with Crippen LogP contribution in [-0.2, 0) is 18.4 Å². The number of aliphatic hydroxyl groups excluding tert-OH is 1. The molecule has 0 saturated carbocycles. The SMILES string of the molecule is C#C[C@@]1(O)[C@H](O)[C@@H](C)O[C@H]1n1ccc(=O)[nH]c1=O.O=P(O)(O)O.O=P(O)(O)O.O=P(O)(O)O. The minimum absolute atomic E-state index is 0.577. The number of nitrogens with zero attached hydrogens (tertiary/aromatic N) is 1. The summed E-state index contributed by atoms with van der Waals surface area (Å²) in [4.78, 5) is 89.3. The first-order chi connectivity index (χ1) is 14.4. The molecule has 1 saturated heterocycles. The highest BCUT2D eigenvalue weighted by atomic mass is 31.2. The molecule has 0 amide bonds. The van der Waals surface area contributed by atoms with E-state index in [0.717, 1.165) is 16.8 Å². The summed E-state index contributed by atoms with van der Waals surface area (Å²) in [6.07, 6.45) is 3.03. The Morgan fingerprint density at radius 1 is 1.00 bits per heavy atom. The standard InChI is InChI=1S/C11H12N2O5.3H3O4P/c1-3-11(17)8(15)6(2)18-9(11)13-5-4-7(14)12-10(13)16;3*1-5(2,3)4/h1,4-6,8-9,15,17H,2H3,(H,12,14,16);3*(H3,1,2,3,4)/t6-,8-,9-,11-;;;/m1.../s1. The lowest BCUT2D eigenvalue weighted by molar-refractivity contribution is -0.0714. The van der Waals surface area contributed by atoms with Crippen LogP contribution in [0.25, 0.3) is 0 Å². The van der Waals surface area contributed by atoms with E-state index in [9.17, 15) is 19.8 Å². The van der Waals surface area contributed by atoms with Crippen LogP contribution < -0.4 is 11.2 Å². The van der Waals surface area contributed by atoms with E-state index < -0.39 is 58.8 Å². The number of aromatic nitrogens is 2. The number of aliphatic hydroxyl groups is 2. The molecule has 0 aromatic carbocycles. The molecule has 1 aliphatic heterocycles. The minimum atomic E-state index is -4.64. The maximum absolute atomic E-state index is 11.6. The van der Waals surface area contributed by atoms with Crippen LogP contribution >= 0.6 is 23.5 Å². The third kappa shape index (κ3) is 16.7. The summed E-state index contributed by atoms with van der Waals surface area (Å²) in [7, 11) is -13.9. The number of aromatic amines is 1. The van der Waals surface area contributed by atoms with Gasteiger partial charge in [-0.25, -0.2) is 18.5 Å². The second-order valence-electron chi connectivity index (χ2n) is 5.67. The fraction of sp³-hybridized carbons (Fsp3) is 0.455. The average molecular weight is 546 g/mol. The highest BCUT2D eigenvalue weighted by molar-refractivity contribution is 7.45. The topological polar surface area (TPSA) is 338 Å². The van der Waals surface area contributed by atoms with Crippen molar-refractivity contribution in [3.8, 4) is 12.3 Å². The number of ether oxygens (including phenoxy) is 1. The molecule has 33 heavy (non-hydrogen) atoms. The molecule has 1 fully saturated rings. The second kappa shape index (κ2) is 12.8. The summed E-state index contributed by atoms with van der Waals surface area (Å²) in [5, 5.41) is 20.0. The molecule has 0 spiro atoms. The highest BCUT2D eigenvalue weighted by Crippen LogP contribution is 2.36. The van der Waals surface area contributed by atoms with E-state index in [1.54, 1.807) is 0 Å². The average Bonchev–Trinajstić information content (AvgIpc) is 2.75. The van der Waals surface area contributed by atoms with Crippen molar-refractivity contribution in [1.29, 1.82) is 0 Å². The zero-order valence-electron chi connectivity index (χ0n) is 16.1. The lowest BCUT2D eigenvalue weighted by atomic mass is 9.95. The lowest BCUT2D eigenvalue weighted by Crippen LogP contribution is -2.47. The van der Waals surface area contributed by atoms with Crippen molar-refractivity contribution >= 4 is 23.5 Å². The third-order valence-corrected chi connectivity index (χ3v) is 2.95. The fourth-order valence-electron chi connectivity index (χ4n) is 1.93. The van der Waals surface area contributed by atoms with Crippen LogP contribution in [0.4, 0.5) is 0 Å². The summed E-state index contributed by atoms with van der Waals surface area (Å²) in [5.74, 6) is 2.04. The first-order valence-corrected chi connectivity index (χ1v) is 12.3. The maximum Gasteiger partial charge on any atom is 0.466 e. The van der Waals surface area contributed by atoms with Gasteiger partial charge in [0.2, 0.25) is 0 Å².